The monoisotopic (exact) mass is 257 g/mol. The Morgan fingerprint density at radius 2 is 2.56 bits per heavy atom. The predicted octanol–water partition coefficient (Wildman–Crippen LogP) is 2.41. The summed E-state index contributed by atoms with van der Waals surface area (Å²) in [6, 6.07) is 0. The molecular weight excluding hydrogens is 242 g/mol. The van der Waals surface area contributed by atoms with Crippen molar-refractivity contribution < 1.29 is 4.74 Å². The Balaban J connectivity index is 1.75. The summed E-state index contributed by atoms with van der Waals surface area (Å²) in [5.41, 5.74) is 0. The van der Waals surface area contributed by atoms with E-state index < -0.39 is 0 Å². The van der Waals surface area contributed by atoms with Crippen LogP contribution in [0.1, 0.15) is 12.8 Å². The minimum atomic E-state index is 0.341. The maximum atomic E-state index is 5.52. The van der Waals surface area contributed by atoms with Crippen LogP contribution in [0.4, 0.5) is 5.13 Å². The molecule has 0 saturated carbocycles. The molecule has 1 saturated heterocycles. The highest BCUT2D eigenvalue weighted by atomic mass is 32.2. The smallest absolute Gasteiger partial charge is 0.206 e. The van der Waals surface area contributed by atoms with Gasteiger partial charge in [0.25, 0.3) is 0 Å². The molecule has 0 amide bonds. The maximum Gasteiger partial charge on any atom is 0.206 e. The molecule has 6 heteroatoms. The molecule has 0 spiro atoms. The van der Waals surface area contributed by atoms with E-state index in [1.54, 1.807) is 23.1 Å². The van der Waals surface area contributed by atoms with Crippen LogP contribution in [0.3, 0.4) is 0 Å². The molecule has 0 radical (unpaired) electrons. The van der Waals surface area contributed by atoms with E-state index in [1.807, 2.05) is 6.08 Å². The minimum absolute atomic E-state index is 0.341. The molecule has 1 N–H and O–H groups in total. The number of aromatic nitrogens is 2. The summed E-state index contributed by atoms with van der Waals surface area (Å²) < 4.78 is 6.50. The first-order valence-corrected chi connectivity index (χ1v) is 7.11. The Hall–Kier alpha value is -0.590. The van der Waals surface area contributed by atoms with Gasteiger partial charge < -0.3 is 10.1 Å². The molecule has 0 aromatic carbocycles. The minimum Gasteiger partial charge on any atom is -0.376 e. The van der Waals surface area contributed by atoms with Crippen LogP contribution in [-0.4, -0.2) is 35.2 Å². The Labute approximate surface area is 103 Å². The highest BCUT2D eigenvalue weighted by molar-refractivity contribution is 8.01. The summed E-state index contributed by atoms with van der Waals surface area (Å²) in [5, 5.41) is 12.3. The normalized spacial score (nSPS) is 19.9. The first-order valence-electron chi connectivity index (χ1n) is 5.31. The summed E-state index contributed by atoms with van der Waals surface area (Å²) in [6.45, 7) is 5.40. The van der Waals surface area contributed by atoms with Crippen LogP contribution in [0.5, 0.6) is 0 Å². The largest absolute Gasteiger partial charge is 0.376 e. The zero-order valence-corrected chi connectivity index (χ0v) is 10.6. The maximum absolute atomic E-state index is 5.52. The van der Waals surface area contributed by atoms with Gasteiger partial charge in [0.15, 0.2) is 4.34 Å². The Bertz CT molecular complexity index is 337. The lowest BCUT2D eigenvalue weighted by Gasteiger charge is -2.08. The summed E-state index contributed by atoms with van der Waals surface area (Å²) >= 11 is 3.24. The van der Waals surface area contributed by atoms with Crippen molar-refractivity contribution in [2.75, 3.05) is 24.2 Å². The number of anilines is 1. The fourth-order valence-electron chi connectivity index (χ4n) is 1.48. The molecule has 16 heavy (non-hydrogen) atoms. The van der Waals surface area contributed by atoms with Crippen LogP contribution in [0, 0.1) is 0 Å². The lowest BCUT2D eigenvalue weighted by molar-refractivity contribution is 0.120. The van der Waals surface area contributed by atoms with Gasteiger partial charge in [-0.25, -0.2) is 0 Å². The molecule has 1 aromatic rings. The number of nitrogens with zero attached hydrogens (tertiary/aromatic N) is 2. The zero-order valence-electron chi connectivity index (χ0n) is 9.02. The molecule has 2 heterocycles. The van der Waals surface area contributed by atoms with Gasteiger partial charge in [0, 0.05) is 18.9 Å². The summed E-state index contributed by atoms with van der Waals surface area (Å²) in [4.78, 5) is 0. The van der Waals surface area contributed by atoms with Crippen LogP contribution in [-0.2, 0) is 4.74 Å². The van der Waals surface area contributed by atoms with E-state index in [0.29, 0.717) is 6.10 Å². The van der Waals surface area contributed by atoms with Crippen LogP contribution in [0.15, 0.2) is 17.0 Å². The third-order valence-corrected chi connectivity index (χ3v) is 4.25. The zero-order chi connectivity index (χ0) is 11.2. The molecule has 1 aliphatic heterocycles. The third-order valence-electron chi connectivity index (χ3n) is 2.24. The highest BCUT2D eigenvalue weighted by Crippen LogP contribution is 2.25. The summed E-state index contributed by atoms with van der Waals surface area (Å²) in [7, 11) is 0. The number of thioether (sulfide) groups is 1. The average molecular weight is 257 g/mol. The summed E-state index contributed by atoms with van der Waals surface area (Å²) in [6.07, 6.45) is 4.52. The van der Waals surface area contributed by atoms with Crippen LogP contribution >= 0.6 is 23.1 Å². The third kappa shape index (κ3) is 3.47. The fourth-order valence-corrected chi connectivity index (χ4v) is 3.00. The van der Waals surface area contributed by atoms with E-state index in [4.69, 9.17) is 4.74 Å². The van der Waals surface area contributed by atoms with E-state index in [9.17, 15) is 0 Å². The first-order chi connectivity index (χ1) is 7.88. The molecule has 1 unspecified atom stereocenters. The SMILES string of the molecule is C=CCSc1nnc(NCC2CCCO2)s1. The van der Waals surface area contributed by atoms with Gasteiger partial charge in [-0.05, 0) is 12.8 Å². The molecule has 1 aromatic heterocycles. The second-order valence-electron chi connectivity index (χ2n) is 3.49. The number of ether oxygens (including phenoxy) is 1. The first kappa shape index (κ1) is 11.9. The van der Waals surface area contributed by atoms with E-state index in [1.165, 1.54) is 6.42 Å². The van der Waals surface area contributed by atoms with Crippen molar-refractivity contribution in [2.45, 2.75) is 23.3 Å². The van der Waals surface area contributed by atoms with Crippen LogP contribution in [0.25, 0.3) is 0 Å². The van der Waals surface area contributed by atoms with Gasteiger partial charge in [-0.1, -0.05) is 29.2 Å². The van der Waals surface area contributed by atoms with Crippen LogP contribution in [0.2, 0.25) is 0 Å². The van der Waals surface area contributed by atoms with Crippen molar-refractivity contribution in [1.82, 2.24) is 10.2 Å². The quantitative estimate of drug-likeness (QED) is 0.626. The van der Waals surface area contributed by atoms with E-state index in [2.05, 4.69) is 22.1 Å². The van der Waals surface area contributed by atoms with Gasteiger partial charge in [0.05, 0.1) is 6.10 Å². The van der Waals surface area contributed by atoms with Crippen LogP contribution < -0.4 is 5.32 Å². The topological polar surface area (TPSA) is 47.0 Å². The highest BCUT2D eigenvalue weighted by Gasteiger charge is 2.15. The van der Waals surface area contributed by atoms with E-state index in [-0.39, 0.29) is 0 Å². The lowest BCUT2D eigenvalue weighted by Crippen LogP contribution is -2.18. The van der Waals surface area contributed by atoms with Crippen molar-refractivity contribution in [3.05, 3.63) is 12.7 Å². The standard InChI is InChI=1S/C10H15N3OS2/c1-2-6-15-10-13-12-9(16-10)11-7-8-4-3-5-14-8/h2,8H,1,3-7H2,(H,11,12). The van der Waals surface area contributed by atoms with Crippen molar-refractivity contribution >= 4 is 28.2 Å². The number of hydrogen-bond acceptors (Lipinski definition) is 6. The molecule has 1 atom stereocenters. The molecule has 88 valence electrons. The lowest BCUT2D eigenvalue weighted by atomic mass is 10.2. The Morgan fingerprint density at radius 1 is 1.62 bits per heavy atom. The van der Waals surface area contributed by atoms with Crippen molar-refractivity contribution in [1.29, 1.82) is 0 Å². The van der Waals surface area contributed by atoms with Gasteiger partial charge in [-0.15, -0.1) is 16.8 Å². The second-order valence-corrected chi connectivity index (χ2v) is 5.73. The molecule has 4 nitrogen and oxygen atoms in total. The fraction of sp³-hybridized carbons (Fsp3) is 0.600. The molecule has 0 bridgehead atoms. The van der Waals surface area contributed by atoms with Gasteiger partial charge >= 0.3 is 0 Å². The van der Waals surface area contributed by atoms with Gasteiger partial charge in [-0.3, -0.25) is 0 Å². The van der Waals surface area contributed by atoms with Crippen molar-refractivity contribution in [2.24, 2.45) is 0 Å². The second kappa shape index (κ2) is 6.22. The predicted molar refractivity (Wildman–Crippen MR) is 68.3 cm³/mol. The van der Waals surface area contributed by atoms with Crippen molar-refractivity contribution in [3.63, 3.8) is 0 Å². The number of hydrogen-bond donors (Lipinski definition) is 1. The van der Waals surface area contributed by atoms with E-state index >= 15 is 0 Å². The Morgan fingerprint density at radius 3 is 3.31 bits per heavy atom. The van der Waals surface area contributed by atoms with Gasteiger partial charge in [-0.2, -0.15) is 0 Å². The average Bonchev–Trinajstić information content (AvgIpc) is 2.95. The molecular formula is C10H15N3OS2. The molecule has 1 aliphatic rings. The molecule has 1 fully saturated rings. The summed E-state index contributed by atoms with van der Waals surface area (Å²) in [5.74, 6) is 0.875. The van der Waals surface area contributed by atoms with Gasteiger partial charge in [0.1, 0.15) is 0 Å². The van der Waals surface area contributed by atoms with Gasteiger partial charge in [0.2, 0.25) is 5.13 Å². The van der Waals surface area contributed by atoms with E-state index in [0.717, 1.165) is 34.8 Å². The number of nitrogens with one attached hydrogen (secondary N) is 1. The molecule has 0 aliphatic carbocycles. The molecule has 2 rings (SSSR count). The Kier molecular flexibility index (Phi) is 4.62. The van der Waals surface area contributed by atoms with Crippen molar-refractivity contribution in [3.8, 4) is 0 Å². The number of rotatable bonds is 6.